The number of aromatic nitrogens is 2. The lowest BCUT2D eigenvalue weighted by atomic mass is 10.1. The zero-order valence-corrected chi connectivity index (χ0v) is 16.9. The van der Waals surface area contributed by atoms with Crippen LogP contribution in [0.1, 0.15) is 0 Å². The van der Waals surface area contributed by atoms with Crippen LogP contribution < -0.4 is 19.8 Å². The summed E-state index contributed by atoms with van der Waals surface area (Å²) in [6.45, 7) is 0.694. The van der Waals surface area contributed by atoms with Gasteiger partial charge in [0, 0.05) is 5.56 Å². The number of benzene rings is 3. The van der Waals surface area contributed by atoms with Crippen molar-refractivity contribution < 1.29 is 14.2 Å². The molecule has 0 aliphatic heterocycles. The first-order valence-electron chi connectivity index (χ1n) is 9.60. The van der Waals surface area contributed by atoms with Crippen LogP contribution in [0.2, 0.25) is 0 Å². The van der Waals surface area contributed by atoms with E-state index in [1.54, 1.807) is 24.9 Å². The van der Waals surface area contributed by atoms with Crippen molar-refractivity contribution in [3.63, 3.8) is 0 Å². The molecule has 0 spiro atoms. The zero-order chi connectivity index (χ0) is 20.9. The SMILES string of the molecule is COc1ccc(OCCn2c(-c3ccc(OC)cc3)nc3ccccc3c2=O)cc1. The van der Waals surface area contributed by atoms with Crippen LogP contribution in [-0.2, 0) is 6.54 Å². The van der Waals surface area contributed by atoms with Gasteiger partial charge in [-0.1, -0.05) is 12.1 Å². The summed E-state index contributed by atoms with van der Waals surface area (Å²) in [6.07, 6.45) is 0. The van der Waals surface area contributed by atoms with Crippen molar-refractivity contribution in [2.75, 3.05) is 20.8 Å². The Morgan fingerprint density at radius 2 is 1.40 bits per heavy atom. The average molecular weight is 402 g/mol. The second kappa shape index (κ2) is 8.69. The number of fused-ring (bicyclic) bond motifs is 1. The highest BCUT2D eigenvalue weighted by Gasteiger charge is 2.13. The van der Waals surface area contributed by atoms with Gasteiger partial charge in [-0.2, -0.15) is 0 Å². The fraction of sp³-hybridized carbons (Fsp3) is 0.167. The van der Waals surface area contributed by atoms with Gasteiger partial charge < -0.3 is 14.2 Å². The minimum Gasteiger partial charge on any atom is -0.497 e. The van der Waals surface area contributed by atoms with Crippen molar-refractivity contribution in [3.8, 4) is 28.6 Å². The molecule has 0 radical (unpaired) electrons. The molecule has 0 aliphatic rings. The average Bonchev–Trinajstić information content (AvgIpc) is 2.81. The molecule has 30 heavy (non-hydrogen) atoms. The van der Waals surface area contributed by atoms with Crippen LogP contribution >= 0.6 is 0 Å². The van der Waals surface area contributed by atoms with Gasteiger partial charge in [-0.15, -0.1) is 0 Å². The van der Waals surface area contributed by atoms with Gasteiger partial charge in [-0.3, -0.25) is 9.36 Å². The fourth-order valence-corrected chi connectivity index (χ4v) is 3.26. The molecule has 0 fully saturated rings. The number of rotatable bonds is 7. The molecule has 0 saturated heterocycles. The molecule has 1 aromatic heterocycles. The van der Waals surface area contributed by atoms with Crippen molar-refractivity contribution in [2.45, 2.75) is 6.54 Å². The van der Waals surface area contributed by atoms with Crippen LogP contribution in [0.5, 0.6) is 17.2 Å². The zero-order valence-electron chi connectivity index (χ0n) is 16.9. The van der Waals surface area contributed by atoms with E-state index in [0.29, 0.717) is 35.6 Å². The third-order valence-corrected chi connectivity index (χ3v) is 4.85. The van der Waals surface area contributed by atoms with Crippen LogP contribution in [0.4, 0.5) is 0 Å². The smallest absolute Gasteiger partial charge is 0.261 e. The summed E-state index contributed by atoms with van der Waals surface area (Å²) in [4.78, 5) is 18.0. The molecule has 6 nitrogen and oxygen atoms in total. The highest BCUT2D eigenvalue weighted by molar-refractivity contribution is 5.79. The van der Waals surface area contributed by atoms with E-state index >= 15 is 0 Å². The summed E-state index contributed by atoms with van der Waals surface area (Å²) in [5.41, 5.74) is 1.41. The Balaban J connectivity index is 1.67. The lowest BCUT2D eigenvalue weighted by molar-refractivity contribution is 0.296. The molecule has 4 rings (SSSR count). The molecule has 0 atom stereocenters. The van der Waals surface area contributed by atoms with Crippen LogP contribution in [0.15, 0.2) is 77.6 Å². The van der Waals surface area contributed by atoms with E-state index in [9.17, 15) is 4.79 Å². The minimum absolute atomic E-state index is 0.0928. The Bertz CT molecular complexity index is 1200. The normalized spacial score (nSPS) is 10.7. The third-order valence-electron chi connectivity index (χ3n) is 4.85. The Labute approximate surface area is 174 Å². The topological polar surface area (TPSA) is 62.6 Å². The molecular weight excluding hydrogens is 380 g/mol. The van der Waals surface area contributed by atoms with Crippen molar-refractivity contribution in [1.29, 1.82) is 0 Å². The van der Waals surface area contributed by atoms with Gasteiger partial charge in [0.2, 0.25) is 0 Å². The Morgan fingerprint density at radius 3 is 2.07 bits per heavy atom. The van der Waals surface area contributed by atoms with Gasteiger partial charge >= 0.3 is 0 Å². The van der Waals surface area contributed by atoms with E-state index in [-0.39, 0.29) is 5.56 Å². The fourth-order valence-electron chi connectivity index (χ4n) is 3.26. The number of hydrogen-bond acceptors (Lipinski definition) is 5. The second-order valence-electron chi connectivity index (χ2n) is 6.66. The van der Waals surface area contributed by atoms with E-state index < -0.39 is 0 Å². The summed E-state index contributed by atoms with van der Waals surface area (Å²) in [7, 11) is 3.24. The molecule has 0 unspecified atom stereocenters. The number of hydrogen-bond donors (Lipinski definition) is 0. The van der Waals surface area contributed by atoms with Crippen LogP contribution in [-0.4, -0.2) is 30.4 Å². The Hall–Kier alpha value is -3.80. The lowest BCUT2D eigenvalue weighted by Crippen LogP contribution is -2.26. The molecule has 0 bridgehead atoms. The maximum Gasteiger partial charge on any atom is 0.261 e. The second-order valence-corrected chi connectivity index (χ2v) is 6.66. The van der Waals surface area contributed by atoms with Crippen molar-refractivity contribution >= 4 is 10.9 Å². The molecule has 0 aliphatic carbocycles. The largest absolute Gasteiger partial charge is 0.497 e. The van der Waals surface area contributed by atoms with E-state index in [1.165, 1.54) is 0 Å². The first kappa shape index (κ1) is 19.5. The van der Waals surface area contributed by atoms with Crippen molar-refractivity contribution in [2.24, 2.45) is 0 Å². The third kappa shape index (κ3) is 3.98. The Morgan fingerprint density at radius 1 is 0.800 bits per heavy atom. The summed E-state index contributed by atoms with van der Waals surface area (Å²) < 4.78 is 17.9. The first-order chi connectivity index (χ1) is 14.7. The summed E-state index contributed by atoms with van der Waals surface area (Å²) in [5, 5.41) is 0.583. The van der Waals surface area contributed by atoms with Gasteiger partial charge in [0.1, 0.15) is 29.7 Å². The maximum atomic E-state index is 13.2. The maximum absolute atomic E-state index is 13.2. The lowest BCUT2D eigenvalue weighted by Gasteiger charge is -2.15. The highest BCUT2D eigenvalue weighted by atomic mass is 16.5. The molecule has 152 valence electrons. The van der Waals surface area contributed by atoms with Crippen molar-refractivity contribution in [3.05, 3.63) is 83.2 Å². The molecule has 1 heterocycles. The number of ether oxygens (including phenoxy) is 3. The predicted molar refractivity (Wildman–Crippen MR) is 116 cm³/mol. The number of nitrogens with zero attached hydrogens (tertiary/aromatic N) is 2. The van der Waals surface area contributed by atoms with Crippen LogP contribution in [0.3, 0.4) is 0 Å². The van der Waals surface area contributed by atoms with Gasteiger partial charge in [-0.05, 0) is 60.7 Å². The van der Waals surface area contributed by atoms with Crippen LogP contribution in [0.25, 0.3) is 22.3 Å². The highest BCUT2D eigenvalue weighted by Crippen LogP contribution is 2.22. The molecule has 0 N–H and O–H groups in total. The van der Waals surface area contributed by atoms with E-state index in [4.69, 9.17) is 19.2 Å². The molecule has 3 aromatic carbocycles. The Kier molecular flexibility index (Phi) is 5.66. The standard InChI is InChI=1S/C24H22N2O4/c1-28-18-9-7-17(8-10-18)23-25-22-6-4-3-5-21(22)24(27)26(23)15-16-30-20-13-11-19(29-2)12-14-20/h3-14H,15-16H2,1-2H3. The van der Waals surface area contributed by atoms with E-state index in [1.807, 2.05) is 66.7 Å². The molecule has 0 amide bonds. The summed E-state index contributed by atoms with van der Waals surface area (Å²) >= 11 is 0. The first-order valence-corrected chi connectivity index (χ1v) is 9.60. The monoisotopic (exact) mass is 402 g/mol. The van der Waals surface area contributed by atoms with Gasteiger partial charge in [0.25, 0.3) is 5.56 Å². The minimum atomic E-state index is -0.0928. The van der Waals surface area contributed by atoms with E-state index in [2.05, 4.69) is 0 Å². The molecule has 0 saturated carbocycles. The number of para-hydroxylation sites is 1. The van der Waals surface area contributed by atoms with E-state index in [0.717, 1.165) is 17.1 Å². The molecule has 6 heteroatoms. The number of methoxy groups -OCH3 is 2. The van der Waals surface area contributed by atoms with Gasteiger partial charge in [0.15, 0.2) is 0 Å². The quantitative estimate of drug-likeness (QED) is 0.465. The van der Waals surface area contributed by atoms with Gasteiger partial charge in [-0.25, -0.2) is 4.98 Å². The predicted octanol–water partition coefficient (Wildman–Crippen LogP) is 4.16. The molecule has 4 aromatic rings. The van der Waals surface area contributed by atoms with Crippen molar-refractivity contribution in [1.82, 2.24) is 9.55 Å². The molecular formula is C24H22N2O4. The van der Waals surface area contributed by atoms with Gasteiger partial charge in [0.05, 0.1) is 31.7 Å². The summed E-state index contributed by atoms with van der Waals surface area (Å²) in [5.74, 6) is 2.82. The van der Waals surface area contributed by atoms with Crippen LogP contribution in [0, 0.1) is 0 Å². The summed E-state index contributed by atoms with van der Waals surface area (Å²) in [6, 6.07) is 22.2.